The lowest BCUT2D eigenvalue weighted by Crippen LogP contribution is -2.74. The van der Waals surface area contributed by atoms with Crippen molar-refractivity contribution < 1.29 is 24.1 Å². The highest BCUT2D eigenvalue weighted by atomic mass is 16.6. The number of anilines is 1. The third kappa shape index (κ3) is 2.72. The molecule has 2 fully saturated rings. The number of amides is 5. The number of piperazine rings is 1. The predicted molar refractivity (Wildman–Crippen MR) is 98.9 cm³/mol. The maximum Gasteiger partial charge on any atom is 0.328 e. The number of nitrogens with one attached hydrogen (secondary N) is 2. The van der Waals surface area contributed by atoms with Gasteiger partial charge in [0.15, 0.2) is 5.41 Å². The first-order valence-corrected chi connectivity index (χ1v) is 9.26. The van der Waals surface area contributed by atoms with Gasteiger partial charge < -0.3 is 9.80 Å². The van der Waals surface area contributed by atoms with Crippen LogP contribution in [0.15, 0.2) is 18.2 Å². The Hall–Kier alpha value is -3.50. The van der Waals surface area contributed by atoms with Gasteiger partial charge in [0, 0.05) is 50.3 Å². The first-order chi connectivity index (χ1) is 13.8. The van der Waals surface area contributed by atoms with Gasteiger partial charge in [0.05, 0.1) is 11.0 Å². The van der Waals surface area contributed by atoms with Crippen LogP contribution >= 0.6 is 0 Å². The number of barbiturate groups is 1. The Kier molecular flexibility index (Phi) is 4.25. The molecular weight excluding hydrogens is 382 g/mol. The summed E-state index contributed by atoms with van der Waals surface area (Å²) >= 11 is 0. The Bertz CT molecular complexity index is 940. The van der Waals surface area contributed by atoms with E-state index in [2.05, 4.69) is 10.6 Å². The van der Waals surface area contributed by atoms with E-state index < -0.39 is 34.2 Å². The van der Waals surface area contributed by atoms with Crippen LogP contribution < -0.4 is 15.5 Å². The van der Waals surface area contributed by atoms with Crippen LogP contribution in [-0.4, -0.2) is 59.3 Å². The normalized spacial score (nSPS) is 22.5. The second-order valence-corrected chi connectivity index (χ2v) is 7.36. The standard InChI is InChI=1S/C18H19N5O6/c1-2-14(24)21-5-6-22-12-4-3-11(23(28)29)7-10(12)8-18(13(22)9-21)15(25)19-17(27)20-16(18)26/h3-4,7,13H,2,5-6,8-9H2,1H3,(H2,19,20,25,26,27). The number of fused-ring (bicyclic) bond motifs is 4. The lowest BCUT2D eigenvalue weighted by atomic mass is 9.68. The summed E-state index contributed by atoms with van der Waals surface area (Å²) in [5.74, 6) is -1.62. The molecule has 0 aliphatic carbocycles. The van der Waals surface area contributed by atoms with Gasteiger partial charge in [-0.15, -0.1) is 0 Å². The number of nitrogens with zero attached hydrogens (tertiary/aromatic N) is 3. The molecule has 0 radical (unpaired) electrons. The van der Waals surface area contributed by atoms with Crippen LogP contribution in [0.3, 0.4) is 0 Å². The largest absolute Gasteiger partial charge is 0.363 e. The van der Waals surface area contributed by atoms with Crippen molar-refractivity contribution in [2.75, 3.05) is 24.5 Å². The molecule has 4 rings (SSSR count). The highest BCUT2D eigenvalue weighted by molar-refractivity contribution is 6.20. The lowest BCUT2D eigenvalue weighted by molar-refractivity contribution is -0.384. The maximum atomic E-state index is 13.0. The first-order valence-electron chi connectivity index (χ1n) is 9.26. The van der Waals surface area contributed by atoms with Crippen molar-refractivity contribution >= 4 is 35.1 Å². The van der Waals surface area contributed by atoms with E-state index >= 15 is 0 Å². The minimum absolute atomic E-state index is 0.0954. The monoisotopic (exact) mass is 401 g/mol. The Morgan fingerprint density at radius 1 is 1.24 bits per heavy atom. The fourth-order valence-electron chi connectivity index (χ4n) is 4.50. The fourth-order valence-corrected chi connectivity index (χ4v) is 4.50. The third-order valence-corrected chi connectivity index (χ3v) is 5.92. The maximum absolute atomic E-state index is 13.0. The number of non-ortho nitro benzene ring substituents is 1. The molecule has 1 aromatic carbocycles. The Morgan fingerprint density at radius 2 is 1.93 bits per heavy atom. The molecule has 1 spiro atoms. The molecular formula is C18H19N5O6. The molecule has 3 heterocycles. The molecule has 152 valence electrons. The van der Waals surface area contributed by atoms with E-state index in [9.17, 15) is 29.3 Å². The van der Waals surface area contributed by atoms with Crippen LogP contribution in [0.2, 0.25) is 0 Å². The van der Waals surface area contributed by atoms with Gasteiger partial charge in [-0.1, -0.05) is 6.92 Å². The molecule has 2 saturated heterocycles. The van der Waals surface area contributed by atoms with Crippen molar-refractivity contribution in [3.8, 4) is 0 Å². The van der Waals surface area contributed by atoms with Gasteiger partial charge in [-0.25, -0.2) is 4.79 Å². The molecule has 0 saturated carbocycles. The SMILES string of the molecule is CCC(=O)N1CCN2c3ccc([N+](=O)[O-])cc3CC3(C(=O)NC(=O)NC3=O)C2C1. The third-order valence-electron chi connectivity index (χ3n) is 5.92. The first kappa shape index (κ1) is 18.8. The summed E-state index contributed by atoms with van der Waals surface area (Å²) in [6.45, 7) is 2.63. The van der Waals surface area contributed by atoms with Crippen LogP contribution in [0.4, 0.5) is 16.2 Å². The molecule has 1 aromatic rings. The molecule has 5 amide bonds. The van der Waals surface area contributed by atoms with Crippen LogP contribution in [-0.2, 0) is 20.8 Å². The molecule has 3 aliphatic rings. The molecule has 1 unspecified atom stereocenters. The van der Waals surface area contributed by atoms with Gasteiger partial charge in [0.25, 0.3) is 5.69 Å². The zero-order valence-electron chi connectivity index (χ0n) is 15.6. The number of hydrogen-bond donors (Lipinski definition) is 2. The van der Waals surface area contributed by atoms with Crippen molar-refractivity contribution in [1.29, 1.82) is 0 Å². The van der Waals surface area contributed by atoms with Crippen molar-refractivity contribution in [2.45, 2.75) is 25.8 Å². The van der Waals surface area contributed by atoms with E-state index in [1.54, 1.807) is 17.9 Å². The van der Waals surface area contributed by atoms with E-state index in [-0.39, 0.29) is 24.6 Å². The second kappa shape index (κ2) is 6.54. The number of hydrogen-bond acceptors (Lipinski definition) is 7. The van der Waals surface area contributed by atoms with Gasteiger partial charge in [-0.3, -0.25) is 35.1 Å². The molecule has 11 nitrogen and oxygen atoms in total. The summed E-state index contributed by atoms with van der Waals surface area (Å²) < 4.78 is 0. The summed E-state index contributed by atoms with van der Waals surface area (Å²) in [6.07, 6.45) is 0.184. The van der Waals surface area contributed by atoms with Gasteiger partial charge in [-0.2, -0.15) is 0 Å². The predicted octanol–water partition coefficient (Wildman–Crippen LogP) is -0.0695. The number of nitro groups is 1. The summed E-state index contributed by atoms with van der Waals surface area (Å²) in [6, 6.07) is 2.73. The quantitative estimate of drug-likeness (QED) is 0.401. The van der Waals surface area contributed by atoms with Crippen LogP contribution in [0.5, 0.6) is 0 Å². The molecule has 11 heteroatoms. The minimum atomic E-state index is -1.68. The van der Waals surface area contributed by atoms with E-state index in [4.69, 9.17) is 0 Å². The van der Waals surface area contributed by atoms with E-state index in [0.717, 1.165) is 0 Å². The van der Waals surface area contributed by atoms with Crippen molar-refractivity contribution in [3.05, 3.63) is 33.9 Å². The fraction of sp³-hybridized carbons (Fsp3) is 0.444. The zero-order chi connectivity index (χ0) is 20.9. The highest BCUT2D eigenvalue weighted by Gasteiger charge is 2.61. The lowest BCUT2D eigenvalue weighted by Gasteiger charge is -2.54. The zero-order valence-corrected chi connectivity index (χ0v) is 15.6. The highest BCUT2D eigenvalue weighted by Crippen LogP contribution is 2.45. The summed E-state index contributed by atoms with van der Waals surface area (Å²) in [5, 5.41) is 15.5. The van der Waals surface area contributed by atoms with E-state index in [1.165, 1.54) is 12.1 Å². The van der Waals surface area contributed by atoms with Gasteiger partial charge in [-0.05, 0) is 11.6 Å². The Balaban J connectivity index is 1.85. The molecule has 1 atom stereocenters. The van der Waals surface area contributed by atoms with Crippen molar-refractivity contribution in [2.24, 2.45) is 5.41 Å². The average Bonchev–Trinajstić information content (AvgIpc) is 2.70. The number of benzene rings is 1. The number of imide groups is 2. The van der Waals surface area contributed by atoms with Crippen LogP contribution in [0.25, 0.3) is 0 Å². The number of carbonyl (C=O) groups excluding carboxylic acids is 4. The topological polar surface area (TPSA) is 142 Å². The van der Waals surface area contributed by atoms with Gasteiger partial charge >= 0.3 is 6.03 Å². The Morgan fingerprint density at radius 3 is 2.55 bits per heavy atom. The van der Waals surface area contributed by atoms with Gasteiger partial charge in [0.2, 0.25) is 17.7 Å². The Labute approximate surface area is 165 Å². The minimum Gasteiger partial charge on any atom is -0.363 e. The summed E-state index contributed by atoms with van der Waals surface area (Å²) in [7, 11) is 0. The second-order valence-electron chi connectivity index (χ2n) is 7.36. The van der Waals surface area contributed by atoms with E-state index in [0.29, 0.717) is 30.8 Å². The van der Waals surface area contributed by atoms with Crippen molar-refractivity contribution in [3.63, 3.8) is 0 Å². The number of carbonyl (C=O) groups is 4. The molecule has 2 N–H and O–H groups in total. The number of urea groups is 1. The van der Waals surface area contributed by atoms with Crippen LogP contribution in [0, 0.1) is 15.5 Å². The van der Waals surface area contributed by atoms with Crippen LogP contribution in [0.1, 0.15) is 18.9 Å². The average molecular weight is 401 g/mol. The number of rotatable bonds is 2. The van der Waals surface area contributed by atoms with Gasteiger partial charge in [0.1, 0.15) is 0 Å². The smallest absolute Gasteiger partial charge is 0.328 e. The molecule has 3 aliphatic heterocycles. The van der Waals surface area contributed by atoms with Crippen molar-refractivity contribution in [1.82, 2.24) is 15.5 Å². The molecule has 0 bridgehead atoms. The number of nitro benzene ring substituents is 1. The summed E-state index contributed by atoms with van der Waals surface area (Å²) in [5.41, 5.74) is -0.662. The molecule has 29 heavy (non-hydrogen) atoms. The van der Waals surface area contributed by atoms with E-state index in [1.807, 2.05) is 4.90 Å². The molecule has 0 aromatic heterocycles. The summed E-state index contributed by atoms with van der Waals surface area (Å²) in [4.78, 5) is 64.0.